The van der Waals surface area contributed by atoms with Crippen molar-refractivity contribution in [1.29, 1.82) is 0 Å². The fourth-order valence-electron chi connectivity index (χ4n) is 2.24. The Morgan fingerprint density at radius 1 is 1.43 bits per heavy atom. The Balaban J connectivity index is 2.20. The Hall–Kier alpha value is -1.18. The number of hydrogen-bond donors (Lipinski definition) is 1. The summed E-state index contributed by atoms with van der Waals surface area (Å²) in [5.41, 5.74) is -0.393. The molecule has 0 aromatic heterocycles. The Kier molecular flexibility index (Phi) is 4.28. The fourth-order valence-corrected chi connectivity index (χ4v) is 3.59. The molecule has 0 unspecified atom stereocenters. The van der Waals surface area contributed by atoms with Gasteiger partial charge in [0.15, 0.2) is 0 Å². The second-order valence-corrected chi connectivity index (χ2v) is 7.89. The van der Waals surface area contributed by atoms with Gasteiger partial charge in [0.2, 0.25) is 10.0 Å². The summed E-state index contributed by atoms with van der Waals surface area (Å²) in [7, 11) is -3.77. The van der Waals surface area contributed by atoms with E-state index in [4.69, 9.17) is 11.6 Å². The smallest absolute Gasteiger partial charge is 0.258 e. The lowest BCUT2D eigenvalue weighted by atomic mass is 9.93. The van der Waals surface area contributed by atoms with Crippen LogP contribution in [0.5, 0.6) is 0 Å². The van der Waals surface area contributed by atoms with Crippen LogP contribution in [0.25, 0.3) is 0 Å². The van der Waals surface area contributed by atoms with Gasteiger partial charge in [-0.15, -0.1) is 0 Å². The number of sulfonamides is 1. The van der Waals surface area contributed by atoms with E-state index in [-0.39, 0.29) is 15.3 Å². The molecule has 1 aromatic carbocycles. The average molecular weight is 333 g/mol. The molecule has 6 nitrogen and oxygen atoms in total. The molecule has 1 fully saturated rings. The Bertz CT molecular complexity index is 669. The molecule has 21 heavy (non-hydrogen) atoms. The minimum Gasteiger partial charge on any atom is -0.258 e. The van der Waals surface area contributed by atoms with E-state index in [1.807, 2.05) is 0 Å². The average Bonchev–Trinajstić information content (AvgIpc) is 3.17. The second-order valence-electron chi connectivity index (χ2n) is 5.71. The van der Waals surface area contributed by atoms with Crippen molar-refractivity contribution < 1.29 is 13.3 Å². The number of benzene rings is 1. The molecule has 0 bridgehead atoms. The molecule has 0 radical (unpaired) electrons. The maximum atomic E-state index is 12.2. The zero-order valence-corrected chi connectivity index (χ0v) is 13.4. The number of rotatable bonds is 6. The van der Waals surface area contributed by atoms with Gasteiger partial charge in [0, 0.05) is 12.6 Å². The highest BCUT2D eigenvalue weighted by Gasteiger charge is 2.45. The highest BCUT2D eigenvalue weighted by atomic mass is 35.5. The van der Waals surface area contributed by atoms with Crippen LogP contribution >= 0.6 is 11.6 Å². The van der Waals surface area contributed by atoms with Crippen LogP contribution in [0.4, 0.5) is 5.69 Å². The minimum absolute atomic E-state index is 0.0193. The van der Waals surface area contributed by atoms with Crippen molar-refractivity contribution in [2.45, 2.75) is 31.6 Å². The molecule has 0 saturated heterocycles. The van der Waals surface area contributed by atoms with Gasteiger partial charge in [-0.05, 0) is 36.3 Å². The molecule has 0 heterocycles. The van der Waals surface area contributed by atoms with Crippen molar-refractivity contribution in [1.82, 2.24) is 4.72 Å². The van der Waals surface area contributed by atoms with Crippen LogP contribution in [0, 0.1) is 21.4 Å². The molecule has 8 heteroatoms. The van der Waals surface area contributed by atoms with Gasteiger partial charge in [0.1, 0.15) is 5.02 Å². The Morgan fingerprint density at radius 3 is 2.52 bits per heavy atom. The summed E-state index contributed by atoms with van der Waals surface area (Å²) in [5, 5.41) is 10.7. The van der Waals surface area contributed by atoms with Gasteiger partial charge >= 0.3 is 0 Å². The maximum absolute atomic E-state index is 12.2. The number of halogens is 1. The van der Waals surface area contributed by atoms with Crippen molar-refractivity contribution in [2.75, 3.05) is 6.54 Å². The van der Waals surface area contributed by atoms with Crippen LogP contribution in [-0.4, -0.2) is 19.9 Å². The van der Waals surface area contributed by atoms with Crippen molar-refractivity contribution in [3.05, 3.63) is 33.3 Å². The number of nitrogens with one attached hydrogen (secondary N) is 1. The van der Waals surface area contributed by atoms with Gasteiger partial charge in [-0.25, -0.2) is 13.1 Å². The van der Waals surface area contributed by atoms with E-state index >= 15 is 0 Å². The van der Waals surface area contributed by atoms with E-state index in [1.165, 1.54) is 12.1 Å². The van der Waals surface area contributed by atoms with Crippen molar-refractivity contribution in [3.8, 4) is 0 Å². The molecule has 0 aliphatic heterocycles. The number of nitro benzene ring substituents is 1. The first-order valence-corrected chi connectivity index (χ1v) is 8.48. The predicted molar refractivity (Wildman–Crippen MR) is 79.8 cm³/mol. The standard InChI is InChI=1S/C13H17ClN2O4S/c1-9(2)13(5-6-13)8-15-21(19,20)10-3-4-11(14)12(7-10)16(17)18/h3-4,7,9,15H,5-6,8H2,1-2H3. The second kappa shape index (κ2) is 5.55. The molecule has 0 atom stereocenters. The van der Waals surface area contributed by atoms with Crippen LogP contribution in [0.3, 0.4) is 0 Å². The predicted octanol–water partition coefficient (Wildman–Crippen LogP) is 2.96. The molecule has 0 spiro atoms. The number of nitrogens with zero attached hydrogens (tertiary/aromatic N) is 1. The summed E-state index contributed by atoms with van der Waals surface area (Å²) in [6.07, 6.45) is 1.99. The van der Waals surface area contributed by atoms with Crippen LogP contribution < -0.4 is 4.72 Å². The fraction of sp³-hybridized carbons (Fsp3) is 0.538. The molecule has 1 N–H and O–H groups in total. The largest absolute Gasteiger partial charge is 0.289 e. The SMILES string of the molecule is CC(C)C1(CNS(=O)(=O)c2ccc(Cl)c([N+](=O)[O-])c2)CC1. The van der Waals surface area contributed by atoms with Gasteiger partial charge in [0.25, 0.3) is 5.69 Å². The van der Waals surface area contributed by atoms with Crippen LogP contribution in [0.2, 0.25) is 5.02 Å². The normalized spacial score (nSPS) is 17.0. The van der Waals surface area contributed by atoms with Crippen LogP contribution in [-0.2, 0) is 10.0 Å². The molecule has 1 aromatic rings. The van der Waals surface area contributed by atoms with E-state index in [0.717, 1.165) is 18.9 Å². The molecule has 1 saturated carbocycles. The topological polar surface area (TPSA) is 89.3 Å². The van der Waals surface area contributed by atoms with E-state index in [1.54, 1.807) is 0 Å². The maximum Gasteiger partial charge on any atom is 0.289 e. The molecular weight excluding hydrogens is 316 g/mol. The number of nitro groups is 1. The third-order valence-electron chi connectivity index (χ3n) is 4.16. The summed E-state index contributed by atoms with van der Waals surface area (Å²) in [6, 6.07) is 3.48. The summed E-state index contributed by atoms with van der Waals surface area (Å²) >= 11 is 5.69. The summed E-state index contributed by atoms with van der Waals surface area (Å²) < 4.78 is 27.0. The first-order valence-electron chi connectivity index (χ1n) is 6.61. The molecule has 2 rings (SSSR count). The van der Waals surface area contributed by atoms with Gasteiger partial charge < -0.3 is 0 Å². The first-order chi connectivity index (χ1) is 9.68. The van der Waals surface area contributed by atoms with E-state index in [9.17, 15) is 18.5 Å². The zero-order valence-electron chi connectivity index (χ0n) is 11.8. The van der Waals surface area contributed by atoms with E-state index in [0.29, 0.717) is 12.5 Å². The van der Waals surface area contributed by atoms with Crippen molar-refractivity contribution in [3.63, 3.8) is 0 Å². The monoisotopic (exact) mass is 332 g/mol. The highest BCUT2D eigenvalue weighted by Crippen LogP contribution is 2.51. The zero-order chi connectivity index (χ0) is 15.8. The Morgan fingerprint density at radius 2 is 2.05 bits per heavy atom. The Labute approximate surface area is 128 Å². The lowest BCUT2D eigenvalue weighted by molar-refractivity contribution is -0.384. The molecule has 0 amide bonds. The summed E-state index contributed by atoms with van der Waals surface area (Å²) in [5.74, 6) is 0.389. The molecule has 116 valence electrons. The lowest BCUT2D eigenvalue weighted by Gasteiger charge is -2.20. The number of hydrogen-bond acceptors (Lipinski definition) is 4. The third-order valence-corrected chi connectivity index (χ3v) is 5.87. The summed E-state index contributed by atoms with van der Waals surface area (Å²) in [4.78, 5) is 9.99. The highest BCUT2D eigenvalue weighted by molar-refractivity contribution is 7.89. The molecule has 1 aliphatic carbocycles. The van der Waals surface area contributed by atoms with E-state index < -0.39 is 20.6 Å². The van der Waals surface area contributed by atoms with Gasteiger partial charge in [-0.3, -0.25) is 10.1 Å². The summed E-state index contributed by atoms with van der Waals surface area (Å²) in [6.45, 7) is 4.48. The minimum atomic E-state index is -3.77. The van der Waals surface area contributed by atoms with Crippen molar-refractivity contribution >= 4 is 27.3 Å². The van der Waals surface area contributed by atoms with Gasteiger partial charge in [0.05, 0.1) is 9.82 Å². The molecular formula is C13H17ClN2O4S. The van der Waals surface area contributed by atoms with E-state index in [2.05, 4.69) is 18.6 Å². The van der Waals surface area contributed by atoms with Crippen LogP contribution in [0.15, 0.2) is 23.1 Å². The van der Waals surface area contributed by atoms with Crippen molar-refractivity contribution in [2.24, 2.45) is 11.3 Å². The van der Waals surface area contributed by atoms with Crippen LogP contribution in [0.1, 0.15) is 26.7 Å². The van der Waals surface area contributed by atoms with Gasteiger partial charge in [-0.2, -0.15) is 0 Å². The van der Waals surface area contributed by atoms with Gasteiger partial charge in [-0.1, -0.05) is 25.4 Å². The molecule has 1 aliphatic rings. The third kappa shape index (κ3) is 3.36. The first kappa shape index (κ1) is 16.2. The quantitative estimate of drug-likeness (QED) is 0.640. The lowest BCUT2D eigenvalue weighted by Crippen LogP contribution is -2.32.